The van der Waals surface area contributed by atoms with E-state index in [2.05, 4.69) is 26.0 Å². The molecule has 0 amide bonds. The van der Waals surface area contributed by atoms with E-state index in [1.54, 1.807) is 0 Å². The third kappa shape index (κ3) is 1.33. The maximum Gasteiger partial charge on any atom is 0.139 e. The summed E-state index contributed by atoms with van der Waals surface area (Å²) in [6.07, 6.45) is 0. The van der Waals surface area contributed by atoms with Gasteiger partial charge in [0.1, 0.15) is 7.85 Å². The van der Waals surface area contributed by atoms with Crippen LogP contribution in [0.1, 0.15) is 0 Å². The molecule has 2 aromatic rings. The van der Waals surface area contributed by atoms with Gasteiger partial charge in [-0.2, -0.15) is 0 Å². The Morgan fingerprint density at radius 2 is 1.58 bits per heavy atom. The van der Waals surface area contributed by atoms with Gasteiger partial charge in [0.15, 0.2) is 0 Å². The lowest BCUT2D eigenvalue weighted by molar-refractivity contribution is 1.78. The van der Waals surface area contributed by atoms with E-state index in [4.69, 9.17) is 11.6 Å². The minimum Gasteiger partial charge on any atom is -0.0883 e. The van der Waals surface area contributed by atoms with E-state index >= 15 is 0 Å². The molecule has 0 bridgehead atoms. The molecule has 0 nitrogen and oxygen atoms in total. The number of hydrogen-bond acceptors (Lipinski definition) is 0. The molecule has 2 aromatic carbocycles. The van der Waals surface area contributed by atoms with Crippen molar-refractivity contribution in [1.82, 2.24) is 0 Å². The van der Waals surface area contributed by atoms with Crippen molar-refractivity contribution in [2.24, 2.45) is 0 Å². The smallest absolute Gasteiger partial charge is 0.0883 e. The first-order chi connectivity index (χ1) is 5.75. The van der Waals surface area contributed by atoms with Gasteiger partial charge in [-0.3, -0.25) is 0 Å². The van der Waals surface area contributed by atoms with Crippen LogP contribution in [0, 0.1) is 0 Å². The molecule has 0 heterocycles. The van der Waals surface area contributed by atoms with Gasteiger partial charge in [0.05, 0.1) is 0 Å². The van der Waals surface area contributed by atoms with E-state index < -0.39 is 0 Å². The van der Waals surface area contributed by atoms with Crippen LogP contribution in [0.25, 0.3) is 10.8 Å². The van der Waals surface area contributed by atoms with E-state index in [0.717, 1.165) is 5.02 Å². The average molecular weight is 174 g/mol. The van der Waals surface area contributed by atoms with E-state index in [-0.39, 0.29) is 0 Å². The van der Waals surface area contributed by atoms with Gasteiger partial charge >= 0.3 is 0 Å². The zero-order chi connectivity index (χ0) is 8.55. The van der Waals surface area contributed by atoms with Gasteiger partial charge in [-0.05, 0) is 22.9 Å². The summed E-state index contributed by atoms with van der Waals surface area (Å²) in [4.78, 5) is 0. The maximum atomic E-state index is 5.86. The molecule has 0 spiro atoms. The summed E-state index contributed by atoms with van der Waals surface area (Å²) in [5.41, 5.74) is 1.28. The van der Waals surface area contributed by atoms with E-state index in [1.165, 1.54) is 16.2 Å². The summed E-state index contributed by atoms with van der Waals surface area (Å²) in [5, 5.41) is 3.25. The van der Waals surface area contributed by atoms with Crippen LogP contribution in [0.4, 0.5) is 0 Å². The third-order valence-electron chi connectivity index (χ3n) is 1.96. The Bertz CT molecular complexity index is 382. The highest BCUT2D eigenvalue weighted by Gasteiger charge is 1.93. The molecule has 0 atom stereocenters. The van der Waals surface area contributed by atoms with E-state index in [0.29, 0.717) is 0 Å². The molecule has 0 fully saturated rings. The van der Waals surface area contributed by atoms with Crippen LogP contribution in [0.3, 0.4) is 0 Å². The van der Waals surface area contributed by atoms with Gasteiger partial charge in [-0.25, -0.2) is 0 Å². The van der Waals surface area contributed by atoms with Crippen molar-refractivity contribution in [2.45, 2.75) is 0 Å². The Kier molecular flexibility index (Phi) is 1.82. The van der Waals surface area contributed by atoms with Crippen LogP contribution in [0.2, 0.25) is 5.02 Å². The topological polar surface area (TPSA) is 0 Å². The zero-order valence-corrected chi connectivity index (χ0v) is 7.60. The normalized spacial score (nSPS) is 10.4. The second-order valence-corrected chi connectivity index (χ2v) is 3.43. The van der Waals surface area contributed by atoms with Gasteiger partial charge in [0, 0.05) is 5.02 Å². The van der Waals surface area contributed by atoms with E-state index in [1.807, 2.05) is 18.2 Å². The molecular formula is C10H8BCl. The predicted octanol–water partition coefficient (Wildman–Crippen LogP) is 1.75. The minimum absolute atomic E-state index is 0.798. The molecule has 0 saturated heterocycles. The first-order valence-corrected chi connectivity index (χ1v) is 4.29. The summed E-state index contributed by atoms with van der Waals surface area (Å²) in [6.45, 7) is 0. The van der Waals surface area contributed by atoms with Crippen LogP contribution in [0.15, 0.2) is 36.4 Å². The quantitative estimate of drug-likeness (QED) is 0.534. The molecule has 2 heteroatoms. The number of halogens is 1. The van der Waals surface area contributed by atoms with Crippen molar-refractivity contribution < 1.29 is 0 Å². The van der Waals surface area contributed by atoms with Crippen molar-refractivity contribution in [2.75, 3.05) is 0 Å². The molecular weight excluding hydrogens is 166 g/mol. The summed E-state index contributed by atoms with van der Waals surface area (Å²) in [6, 6.07) is 12.3. The Hall–Kier alpha value is -0.945. The number of fused-ring (bicyclic) bond motifs is 1. The highest BCUT2D eigenvalue weighted by molar-refractivity contribution is 6.33. The highest BCUT2D eigenvalue weighted by Crippen LogP contribution is 2.17. The SMILES string of the molecule is Bc1ccc2cc(Cl)ccc2c1. The Morgan fingerprint density at radius 3 is 2.42 bits per heavy atom. The van der Waals surface area contributed by atoms with Crippen molar-refractivity contribution in [3.63, 3.8) is 0 Å². The van der Waals surface area contributed by atoms with Gasteiger partial charge in [0.25, 0.3) is 0 Å². The van der Waals surface area contributed by atoms with E-state index in [9.17, 15) is 0 Å². The molecule has 0 aromatic heterocycles. The predicted molar refractivity (Wildman–Crippen MR) is 57.1 cm³/mol. The fourth-order valence-corrected chi connectivity index (χ4v) is 1.52. The van der Waals surface area contributed by atoms with Crippen LogP contribution in [-0.2, 0) is 0 Å². The number of benzene rings is 2. The molecule has 0 unspecified atom stereocenters. The maximum absolute atomic E-state index is 5.86. The first-order valence-electron chi connectivity index (χ1n) is 3.92. The third-order valence-corrected chi connectivity index (χ3v) is 2.19. The molecule has 0 aliphatic heterocycles. The van der Waals surface area contributed by atoms with Crippen LogP contribution < -0.4 is 5.46 Å². The van der Waals surface area contributed by atoms with Crippen molar-refractivity contribution in [1.29, 1.82) is 0 Å². The second kappa shape index (κ2) is 2.83. The first kappa shape index (κ1) is 7.69. The molecule has 2 rings (SSSR count). The van der Waals surface area contributed by atoms with Crippen LogP contribution in [0.5, 0.6) is 0 Å². The largest absolute Gasteiger partial charge is 0.139 e. The van der Waals surface area contributed by atoms with Gasteiger partial charge in [-0.1, -0.05) is 41.3 Å². The summed E-state index contributed by atoms with van der Waals surface area (Å²) < 4.78 is 0. The lowest BCUT2D eigenvalue weighted by Gasteiger charge is -1.99. The minimum atomic E-state index is 0.798. The standard InChI is InChI=1S/C10H8BCl/c11-9-3-1-8-6-10(12)4-2-7(8)5-9/h1-6H,11H2. The summed E-state index contributed by atoms with van der Waals surface area (Å²) in [7, 11) is 2.09. The lowest BCUT2D eigenvalue weighted by Crippen LogP contribution is -1.99. The van der Waals surface area contributed by atoms with Crippen LogP contribution in [-0.4, -0.2) is 7.85 Å². The Balaban J connectivity index is 2.79. The van der Waals surface area contributed by atoms with Crippen molar-refractivity contribution in [3.05, 3.63) is 41.4 Å². The highest BCUT2D eigenvalue weighted by atomic mass is 35.5. The zero-order valence-electron chi connectivity index (χ0n) is 6.84. The second-order valence-electron chi connectivity index (χ2n) is 2.99. The van der Waals surface area contributed by atoms with Gasteiger partial charge in [0.2, 0.25) is 0 Å². The Morgan fingerprint density at radius 1 is 0.917 bits per heavy atom. The average Bonchev–Trinajstić information content (AvgIpc) is 2.05. The fraction of sp³-hybridized carbons (Fsp3) is 0. The summed E-state index contributed by atoms with van der Waals surface area (Å²) >= 11 is 5.86. The number of rotatable bonds is 0. The molecule has 0 aliphatic carbocycles. The molecule has 12 heavy (non-hydrogen) atoms. The van der Waals surface area contributed by atoms with Gasteiger partial charge < -0.3 is 0 Å². The molecule has 0 radical (unpaired) electrons. The van der Waals surface area contributed by atoms with Crippen molar-refractivity contribution >= 4 is 35.7 Å². The lowest BCUT2D eigenvalue weighted by atomic mass is 9.94. The monoisotopic (exact) mass is 174 g/mol. The Labute approximate surface area is 77.6 Å². The molecule has 0 saturated carbocycles. The molecule has 58 valence electrons. The van der Waals surface area contributed by atoms with Crippen molar-refractivity contribution in [3.8, 4) is 0 Å². The molecule has 0 N–H and O–H groups in total. The van der Waals surface area contributed by atoms with Crippen LogP contribution >= 0.6 is 11.6 Å². The van der Waals surface area contributed by atoms with Gasteiger partial charge in [-0.15, -0.1) is 0 Å². The molecule has 0 aliphatic rings. The fourth-order valence-electron chi connectivity index (χ4n) is 1.34. The number of hydrogen-bond donors (Lipinski definition) is 0. The summed E-state index contributed by atoms with van der Waals surface area (Å²) in [5.74, 6) is 0.